The van der Waals surface area contributed by atoms with Gasteiger partial charge >= 0.3 is 0 Å². The third-order valence-corrected chi connectivity index (χ3v) is 0.969. The van der Waals surface area contributed by atoms with E-state index in [-0.39, 0.29) is 0 Å². The van der Waals surface area contributed by atoms with Crippen LogP contribution in [0.4, 0.5) is 0 Å². The third-order valence-electron chi connectivity index (χ3n) is 0.871. The summed E-state index contributed by atoms with van der Waals surface area (Å²) in [5.74, 6) is 0.564. The highest BCUT2D eigenvalue weighted by Crippen LogP contribution is 2.00. The SMILES string of the molecule is C=C(Cl)C=N/C(=C/C)OCC. The Labute approximate surface area is 72.2 Å². The van der Waals surface area contributed by atoms with Crippen LogP contribution in [0, 0.1) is 0 Å². The predicted octanol–water partition coefficient (Wildman–Crippen LogP) is 2.71. The molecular weight excluding hydrogens is 162 g/mol. The lowest BCUT2D eigenvalue weighted by molar-refractivity contribution is 0.227. The van der Waals surface area contributed by atoms with Gasteiger partial charge in [0.2, 0.25) is 5.88 Å². The molecule has 0 amide bonds. The van der Waals surface area contributed by atoms with E-state index in [1.165, 1.54) is 6.21 Å². The molecule has 0 atom stereocenters. The quantitative estimate of drug-likeness (QED) is 0.473. The Hall–Kier alpha value is -0.760. The third kappa shape index (κ3) is 5.67. The number of rotatable bonds is 4. The van der Waals surface area contributed by atoms with Crippen LogP contribution in [0.5, 0.6) is 0 Å². The molecule has 0 rings (SSSR count). The van der Waals surface area contributed by atoms with Crippen molar-refractivity contribution in [2.24, 2.45) is 4.99 Å². The molecule has 0 aliphatic heterocycles. The number of halogens is 1. The van der Waals surface area contributed by atoms with Gasteiger partial charge in [-0.2, -0.15) is 0 Å². The van der Waals surface area contributed by atoms with Crippen molar-refractivity contribution >= 4 is 17.8 Å². The topological polar surface area (TPSA) is 21.6 Å². The summed E-state index contributed by atoms with van der Waals surface area (Å²) in [5.41, 5.74) is 0. The van der Waals surface area contributed by atoms with Crippen LogP contribution in [-0.4, -0.2) is 12.8 Å². The van der Waals surface area contributed by atoms with Gasteiger partial charge in [-0.3, -0.25) is 0 Å². The summed E-state index contributed by atoms with van der Waals surface area (Å²) in [6.45, 7) is 7.80. The van der Waals surface area contributed by atoms with Gasteiger partial charge in [-0.1, -0.05) is 18.2 Å². The molecule has 0 aromatic rings. The fourth-order valence-electron chi connectivity index (χ4n) is 0.477. The van der Waals surface area contributed by atoms with Gasteiger partial charge in [-0.05, 0) is 19.9 Å². The van der Waals surface area contributed by atoms with Crippen molar-refractivity contribution < 1.29 is 4.74 Å². The van der Waals surface area contributed by atoms with Crippen LogP contribution in [-0.2, 0) is 4.74 Å². The van der Waals surface area contributed by atoms with Crippen LogP contribution in [0.1, 0.15) is 13.8 Å². The summed E-state index contributed by atoms with van der Waals surface area (Å²) in [6, 6.07) is 0. The lowest BCUT2D eigenvalue weighted by atomic mass is 10.6. The molecule has 2 nitrogen and oxygen atoms in total. The van der Waals surface area contributed by atoms with Gasteiger partial charge in [-0.25, -0.2) is 4.99 Å². The Morgan fingerprint density at radius 3 is 2.73 bits per heavy atom. The average molecular weight is 174 g/mol. The van der Waals surface area contributed by atoms with Crippen LogP contribution >= 0.6 is 11.6 Å². The molecule has 0 aromatic carbocycles. The van der Waals surface area contributed by atoms with Crippen molar-refractivity contribution in [1.82, 2.24) is 0 Å². The number of ether oxygens (including phenoxy) is 1. The van der Waals surface area contributed by atoms with E-state index >= 15 is 0 Å². The first-order chi connectivity index (χ1) is 5.20. The fraction of sp³-hybridized carbons (Fsp3) is 0.375. The standard InChI is InChI=1S/C8H12ClNO/c1-4-8(11-5-2)10-6-7(3)9/h4,6H,3,5H2,1-2H3/b8-4-,10-6?. The Balaban J connectivity index is 3.98. The Morgan fingerprint density at radius 2 is 2.36 bits per heavy atom. The van der Waals surface area contributed by atoms with Crippen molar-refractivity contribution in [3.63, 3.8) is 0 Å². The Kier molecular flexibility index (Phi) is 5.57. The first kappa shape index (κ1) is 10.2. The summed E-state index contributed by atoms with van der Waals surface area (Å²) in [6.07, 6.45) is 3.21. The zero-order valence-electron chi connectivity index (χ0n) is 6.80. The van der Waals surface area contributed by atoms with E-state index < -0.39 is 0 Å². The molecule has 0 aromatic heterocycles. The van der Waals surface area contributed by atoms with Crippen molar-refractivity contribution in [1.29, 1.82) is 0 Å². The molecule has 0 radical (unpaired) electrons. The maximum atomic E-state index is 5.45. The molecule has 11 heavy (non-hydrogen) atoms. The second-order valence-corrected chi connectivity index (χ2v) is 2.25. The first-order valence-electron chi connectivity index (χ1n) is 3.38. The second kappa shape index (κ2) is 5.98. The van der Waals surface area contributed by atoms with Crippen LogP contribution in [0.3, 0.4) is 0 Å². The number of aliphatic imine (C=N–C) groups is 1. The van der Waals surface area contributed by atoms with Crippen LogP contribution in [0.15, 0.2) is 28.6 Å². The average Bonchev–Trinajstić information content (AvgIpc) is 1.97. The minimum Gasteiger partial charge on any atom is -0.478 e. The van der Waals surface area contributed by atoms with Crippen LogP contribution in [0.2, 0.25) is 0 Å². The van der Waals surface area contributed by atoms with Gasteiger partial charge in [0.05, 0.1) is 11.6 Å². The summed E-state index contributed by atoms with van der Waals surface area (Å²) >= 11 is 5.45. The maximum Gasteiger partial charge on any atom is 0.208 e. The van der Waals surface area contributed by atoms with Gasteiger partial charge < -0.3 is 4.74 Å². The largest absolute Gasteiger partial charge is 0.478 e. The minimum atomic E-state index is 0.393. The molecule has 0 saturated heterocycles. The number of hydrogen-bond acceptors (Lipinski definition) is 2. The maximum absolute atomic E-state index is 5.45. The highest BCUT2D eigenvalue weighted by molar-refractivity contribution is 6.38. The predicted molar refractivity (Wildman–Crippen MR) is 48.9 cm³/mol. The van der Waals surface area contributed by atoms with E-state index in [2.05, 4.69) is 11.6 Å². The van der Waals surface area contributed by atoms with Crippen molar-refractivity contribution in [3.8, 4) is 0 Å². The zero-order valence-corrected chi connectivity index (χ0v) is 7.56. The summed E-state index contributed by atoms with van der Waals surface area (Å²) in [7, 11) is 0. The lowest BCUT2D eigenvalue weighted by Gasteiger charge is -1.99. The molecule has 3 heteroatoms. The summed E-state index contributed by atoms with van der Waals surface area (Å²) < 4.78 is 5.10. The summed E-state index contributed by atoms with van der Waals surface area (Å²) in [5, 5.41) is 0.393. The molecule has 62 valence electrons. The van der Waals surface area contributed by atoms with Crippen LogP contribution in [0.25, 0.3) is 0 Å². The summed E-state index contributed by atoms with van der Waals surface area (Å²) in [4.78, 5) is 3.91. The first-order valence-corrected chi connectivity index (χ1v) is 3.76. The molecule has 0 bridgehead atoms. The number of nitrogens with zero attached hydrogens (tertiary/aromatic N) is 1. The molecule has 0 heterocycles. The molecular formula is C8H12ClNO. The molecule has 0 saturated carbocycles. The minimum absolute atomic E-state index is 0.393. The second-order valence-electron chi connectivity index (χ2n) is 1.76. The Bertz CT molecular complexity index is 185. The van der Waals surface area contributed by atoms with E-state index in [0.717, 1.165) is 0 Å². The number of hydrogen-bond donors (Lipinski definition) is 0. The molecule has 0 N–H and O–H groups in total. The van der Waals surface area contributed by atoms with Gasteiger partial charge in [0, 0.05) is 6.21 Å². The highest BCUT2D eigenvalue weighted by atomic mass is 35.5. The molecule has 0 unspecified atom stereocenters. The van der Waals surface area contributed by atoms with Gasteiger partial charge in [0.15, 0.2) is 0 Å². The monoisotopic (exact) mass is 173 g/mol. The fourth-order valence-corrected chi connectivity index (χ4v) is 0.525. The van der Waals surface area contributed by atoms with E-state index in [9.17, 15) is 0 Å². The van der Waals surface area contributed by atoms with E-state index in [1.807, 2.05) is 13.8 Å². The van der Waals surface area contributed by atoms with Crippen LogP contribution < -0.4 is 0 Å². The molecule has 0 fully saturated rings. The smallest absolute Gasteiger partial charge is 0.208 e. The van der Waals surface area contributed by atoms with Crippen molar-refractivity contribution in [2.45, 2.75) is 13.8 Å². The molecule has 0 aliphatic rings. The Morgan fingerprint density at radius 1 is 1.73 bits per heavy atom. The van der Waals surface area contributed by atoms with Crippen molar-refractivity contribution in [3.05, 3.63) is 23.6 Å². The van der Waals surface area contributed by atoms with E-state index in [0.29, 0.717) is 17.5 Å². The number of allylic oxidation sites excluding steroid dienone is 2. The van der Waals surface area contributed by atoms with Gasteiger partial charge in [-0.15, -0.1) is 0 Å². The lowest BCUT2D eigenvalue weighted by Crippen LogP contribution is -1.88. The molecule has 0 aliphatic carbocycles. The van der Waals surface area contributed by atoms with E-state index in [1.54, 1.807) is 6.08 Å². The van der Waals surface area contributed by atoms with E-state index in [4.69, 9.17) is 16.3 Å². The van der Waals surface area contributed by atoms with Crippen molar-refractivity contribution in [2.75, 3.05) is 6.61 Å². The molecule has 0 spiro atoms. The highest BCUT2D eigenvalue weighted by Gasteiger charge is 1.88. The zero-order chi connectivity index (χ0) is 8.69. The van der Waals surface area contributed by atoms with Gasteiger partial charge in [0.1, 0.15) is 0 Å². The van der Waals surface area contributed by atoms with Gasteiger partial charge in [0.25, 0.3) is 0 Å². The normalized spacial score (nSPS) is 12.1.